The average molecular weight is 295 g/mol. The van der Waals surface area contributed by atoms with Gasteiger partial charge in [-0.2, -0.15) is 0 Å². The molecule has 0 N–H and O–H groups in total. The predicted molar refractivity (Wildman–Crippen MR) is 71.6 cm³/mol. The second-order valence-corrected chi connectivity index (χ2v) is 7.16. The highest BCUT2D eigenvalue weighted by molar-refractivity contribution is 7.91. The summed E-state index contributed by atoms with van der Waals surface area (Å²) in [5.41, 5.74) is 0.537. The van der Waals surface area contributed by atoms with Crippen molar-refractivity contribution in [1.82, 2.24) is 14.8 Å². The monoisotopic (exact) mass is 295 g/mol. The van der Waals surface area contributed by atoms with Gasteiger partial charge in [0.25, 0.3) is 0 Å². The summed E-state index contributed by atoms with van der Waals surface area (Å²) in [7, 11) is -3.02. The maximum atomic E-state index is 13.7. The Balaban J connectivity index is 1.91. The fourth-order valence-electron chi connectivity index (χ4n) is 2.34. The number of halogens is 1. The summed E-state index contributed by atoms with van der Waals surface area (Å²) in [5.74, 6) is 1.18. The van der Waals surface area contributed by atoms with Gasteiger partial charge in [0.2, 0.25) is 0 Å². The first-order valence-electron chi connectivity index (χ1n) is 6.40. The van der Waals surface area contributed by atoms with Gasteiger partial charge in [-0.15, -0.1) is 10.2 Å². The molecule has 1 aliphatic heterocycles. The molecule has 0 aliphatic carbocycles. The van der Waals surface area contributed by atoms with Crippen molar-refractivity contribution in [1.29, 1.82) is 0 Å². The number of aryl methyl sites for hydroxylation is 1. The molecule has 0 radical (unpaired) electrons. The summed E-state index contributed by atoms with van der Waals surface area (Å²) in [6.45, 7) is 0.342. The van der Waals surface area contributed by atoms with E-state index in [-0.39, 0.29) is 17.3 Å². The lowest BCUT2D eigenvalue weighted by atomic mass is 10.1. The Kier molecular flexibility index (Phi) is 3.29. The third-order valence-corrected chi connectivity index (χ3v) is 5.10. The quantitative estimate of drug-likeness (QED) is 0.828. The van der Waals surface area contributed by atoms with Gasteiger partial charge < -0.3 is 4.57 Å². The maximum absolute atomic E-state index is 13.7. The average Bonchev–Trinajstić information content (AvgIpc) is 2.72. The van der Waals surface area contributed by atoms with Crippen LogP contribution in [0, 0.1) is 5.82 Å². The number of aromatic nitrogens is 3. The summed E-state index contributed by atoms with van der Waals surface area (Å²) < 4.78 is 38.7. The molecular formula is C13H14FN3O2S. The number of fused-ring (bicyclic) bond motifs is 1. The molecule has 2 heterocycles. The minimum absolute atomic E-state index is 0.0856. The maximum Gasteiger partial charge on any atom is 0.152 e. The Bertz CT molecular complexity index is 740. The summed E-state index contributed by atoms with van der Waals surface area (Å²) >= 11 is 0. The van der Waals surface area contributed by atoms with E-state index in [0.29, 0.717) is 36.6 Å². The standard InChI is InChI=1S/C13H14FN3O2S/c14-11-4-2-1-3-10(11)9-13-16-15-12-5-7-20(18,19)8-6-17(12)13/h1-4H,5-9H2. The van der Waals surface area contributed by atoms with Crippen molar-refractivity contribution in [2.45, 2.75) is 19.4 Å². The van der Waals surface area contributed by atoms with E-state index in [1.807, 2.05) is 0 Å². The molecule has 0 fully saturated rings. The van der Waals surface area contributed by atoms with Gasteiger partial charge >= 0.3 is 0 Å². The number of hydrogen-bond acceptors (Lipinski definition) is 4. The minimum atomic E-state index is -3.02. The Hall–Kier alpha value is -1.76. The van der Waals surface area contributed by atoms with Crippen LogP contribution in [0.4, 0.5) is 4.39 Å². The fraction of sp³-hybridized carbons (Fsp3) is 0.385. The smallest absolute Gasteiger partial charge is 0.152 e. The number of hydrogen-bond donors (Lipinski definition) is 0. The molecule has 20 heavy (non-hydrogen) atoms. The molecule has 1 aliphatic rings. The molecule has 2 aromatic rings. The number of sulfone groups is 1. The Morgan fingerprint density at radius 3 is 2.80 bits per heavy atom. The molecule has 0 spiro atoms. The zero-order valence-corrected chi connectivity index (χ0v) is 11.6. The normalized spacial score (nSPS) is 17.4. The molecule has 106 valence electrons. The van der Waals surface area contributed by atoms with E-state index in [0.717, 1.165) is 0 Å². The van der Waals surface area contributed by atoms with Crippen molar-refractivity contribution < 1.29 is 12.8 Å². The molecule has 7 heteroatoms. The molecule has 3 rings (SSSR count). The van der Waals surface area contributed by atoms with Crippen LogP contribution < -0.4 is 0 Å². The number of benzene rings is 1. The van der Waals surface area contributed by atoms with Crippen LogP contribution in [0.2, 0.25) is 0 Å². The molecule has 0 unspecified atom stereocenters. The molecule has 0 saturated carbocycles. The second kappa shape index (κ2) is 4.97. The van der Waals surface area contributed by atoms with Crippen LogP contribution in [-0.2, 0) is 29.2 Å². The molecule has 0 bridgehead atoms. The van der Waals surface area contributed by atoms with Gasteiger partial charge in [-0.1, -0.05) is 18.2 Å². The van der Waals surface area contributed by atoms with E-state index in [4.69, 9.17) is 0 Å². The van der Waals surface area contributed by atoms with E-state index in [9.17, 15) is 12.8 Å². The van der Waals surface area contributed by atoms with Crippen molar-refractivity contribution in [3.63, 3.8) is 0 Å². The highest BCUT2D eigenvalue weighted by Gasteiger charge is 2.22. The lowest BCUT2D eigenvalue weighted by Crippen LogP contribution is -2.14. The Morgan fingerprint density at radius 1 is 1.20 bits per heavy atom. The first-order chi connectivity index (χ1) is 9.55. The van der Waals surface area contributed by atoms with E-state index in [2.05, 4.69) is 10.2 Å². The second-order valence-electron chi connectivity index (χ2n) is 4.85. The molecular weight excluding hydrogens is 281 g/mol. The summed E-state index contributed by atoms with van der Waals surface area (Å²) in [5, 5.41) is 8.11. The van der Waals surface area contributed by atoms with Crippen molar-refractivity contribution >= 4 is 9.84 Å². The topological polar surface area (TPSA) is 64.8 Å². The predicted octanol–water partition coefficient (Wildman–Crippen LogP) is 0.979. The van der Waals surface area contributed by atoms with E-state index in [1.165, 1.54) is 6.07 Å². The van der Waals surface area contributed by atoms with Crippen LogP contribution in [0.25, 0.3) is 0 Å². The van der Waals surface area contributed by atoms with E-state index < -0.39 is 9.84 Å². The highest BCUT2D eigenvalue weighted by atomic mass is 32.2. The summed E-state index contributed by atoms with van der Waals surface area (Å²) in [6.07, 6.45) is 0.687. The van der Waals surface area contributed by atoms with Gasteiger partial charge in [-0.25, -0.2) is 12.8 Å². The molecule has 5 nitrogen and oxygen atoms in total. The molecule has 1 aromatic carbocycles. The molecule has 0 amide bonds. The van der Waals surface area contributed by atoms with Gasteiger partial charge in [0.1, 0.15) is 17.5 Å². The third kappa shape index (κ3) is 2.58. The van der Waals surface area contributed by atoms with E-state index >= 15 is 0 Å². The zero-order chi connectivity index (χ0) is 14.2. The van der Waals surface area contributed by atoms with Crippen LogP contribution in [0.3, 0.4) is 0 Å². The SMILES string of the molecule is O=S1(=O)CCc2nnc(Cc3ccccc3F)n2CC1. The lowest BCUT2D eigenvalue weighted by Gasteiger charge is -2.07. The van der Waals surface area contributed by atoms with Crippen molar-refractivity contribution in [2.24, 2.45) is 0 Å². The van der Waals surface area contributed by atoms with Crippen molar-refractivity contribution in [3.05, 3.63) is 47.3 Å². The largest absolute Gasteiger partial charge is 0.314 e. The molecule has 0 saturated heterocycles. The van der Waals surface area contributed by atoms with Crippen LogP contribution in [0.5, 0.6) is 0 Å². The summed E-state index contributed by atoms with van der Waals surface area (Å²) in [6, 6.07) is 6.50. The van der Waals surface area contributed by atoms with Gasteiger partial charge in [-0.05, 0) is 11.6 Å². The van der Waals surface area contributed by atoms with Gasteiger partial charge in [-0.3, -0.25) is 0 Å². The van der Waals surface area contributed by atoms with Gasteiger partial charge in [0.05, 0.1) is 11.5 Å². The van der Waals surface area contributed by atoms with Crippen LogP contribution >= 0.6 is 0 Å². The first kappa shape index (κ1) is 13.2. The minimum Gasteiger partial charge on any atom is -0.314 e. The number of rotatable bonds is 2. The van der Waals surface area contributed by atoms with Gasteiger partial charge in [0.15, 0.2) is 9.84 Å². The third-order valence-electron chi connectivity index (χ3n) is 3.47. The van der Waals surface area contributed by atoms with Crippen LogP contribution in [0.1, 0.15) is 17.2 Å². The van der Waals surface area contributed by atoms with Crippen molar-refractivity contribution in [2.75, 3.05) is 11.5 Å². The highest BCUT2D eigenvalue weighted by Crippen LogP contribution is 2.15. The van der Waals surface area contributed by atoms with E-state index in [1.54, 1.807) is 22.8 Å². The van der Waals surface area contributed by atoms with Crippen LogP contribution in [0.15, 0.2) is 24.3 Å². The van der Waals surface area contributed by atoms with Crippen molar-refractivity contribution in [3.8, 4) is 0 Å². The first-order valence-corrected chi connectivity index (χ1v) is 8.22. The molecule has 1 aromatic heterocycles. The Morgan fingerprint density at radius 2 is 2.00 bits per heavy atom. The van der Waals surface area contributed by atoms with Gasteiger partial charge in [0, 0.05) is 19.4 Å². The lowest BCUT2D eigenvalue weighted by molar-refractivity contribution is 0.590. The molecule has 0 atom stereocenters. The number of nitrogens with zero attached hydrogens (tertiary/aromatic N) is 3. The zero-order valence-electron chi connectivity index (χ0n) is 10.8. The summed E-state index contributed by atoms with van der Waals surface area (Å²) in [4.78, 5) is 0. The van der Waals surface area contributed by atoms with Crippen LogP contribution in [-0.4, -0.2) is 34.7 Å². The Labute approximate surface area is 116 Å². The fourth-order valence-corrected chi connectivity index (χ4v) is 3.50.